The molecule has 0 heterocycles. The molecule has 2 N–H and O–H groups in total. The highest BCUT2D eigenvalue weighted by atomic mass is 19.4. The third-order valence-corrected chi connectivity index (χ3v) is 4.34. The molecule has 0 radical (unpaired) electrons. The van der Waals surface area contributed by atoms with E-state index in [1.165, 1.54) is 36.4 Å². The molecule has 3 rings (SSSR count). The van der Waals surface area contributed by atoms with Gasteiger partial charge in [-0.15, -0.1) is 0 Å². The summed E-state index contributed by atoms with van der Waals surface area (Å²) in [4.78, 5) is 25.0. The average molecular weight is 373 g/mol. The number of hydrogen-bond donors (Lipinski definition) is 2. The lowest BCUT2D eigenvalue weighted by Gasteiger charge is -2.16. The molecule has 0 saturated heterocycles. The minimum atomic E-state index is -4.52. The zero-order chi connectivity index (χ0) is 19.7. The van der Waals surface area contributed by atoms with Crippen molar-refractivity contribution in [1.82, 2.24) is 0 Å². The molecule has 2 amide bonds. The van der Waals surface area contributed by atoms with Gasteiger partial charge in [0.1, 0.15) is 5.41 Å². The molecule has 0 unspecified atom stereocenters. The van der Waals surface area contributed by atoms with Gasteiger partial charge in [-0.05, 0) is 55.3 Å². The first kappa shape index (κ1) is 18.5. The molecule has 0 aliphatic heterocycles. The molecule has 1 aliphatic carbocycles. The Bertz CT molecular complexity index is 926. The third kappa shape index (κ3) is 3.92. The number of nitrogens with zero attached hydrogens (tertiary/aromatic N) is 1. The van der Waals surface area contributed by atoms with Gasteiger partial charge in [-0.3, -0.25) is 9.59 Å². The van der Waals surface area contributed by atoms with Crippen LogP contribution < -0.4 is 10.6 Å². The number of nitrogens with one attached hydrogen (secondary N) is 2. The topological polar surface area (TPSA) is 82.0 Å². The normalized spacial score (nSPS) is 14.7. The number of carbonyl (C=O) groups excluding carboxylic acids is 2. The van der Waals surface area contributed by atoms with Gasteiger partial charge < -0.3 is 10.6 Å². The molecule has 0 atom stereocenters. The van der Waals surface area contributed by atoms with Gasteiger partial charge in [-0.25, -0.2) is 0 Å². The second-order valence-corrected chi connectivity index (χ2v) is 6.26. The van der Waals surface area contributed by atoms with Crippen molar-refractivity contribution in [2.75, 3.05) is 10.6 Å². The van der Waals surface area contributed by atoms with E-state index in [9.17, 15) is 22.8 Å². The van der Waals surface area contributed by atoms with Crippen molar-refractivity contribution >= 4 is 23.2 Å². The Balaban J connectivity index is 1.70. The van der Waals surface area contributed by atoms with Crippen molar-refractivity contribution in [1.29, 1.82) is 5.26 Å². The lowest BCUT2D eigenvalue weighted by atomic mass is 10.0. The van der Waals surface area contributed by atoms with Crippen molar-refractivity contribution in [3.05, 3.63) is 59.7 Å². The largest absolute Gasteiger partial charge is 0.416 e. The molecule has 1 fully saturated rings. The van der Waals surface area contributed by atoms with Gasteiger partial charge in [0.05, 0.1) is 17.2 Å². The quantitative estimate of drug-likeness (QED) is 0.797. The van der Waals surface area contributed by atoms with Crippen LogP contribution in [0.25, 0.3) is 0 Å². The van der Waals surface area contributed by atoms with Crippen LogP contribution in [-0.2, 0) is 15.8 Å². The molecular formula is C19H14F3N3O2. The molecule has 0 spiro atoms. The van der Waals surface area contributed by atoms with Crippen LogP contribution >= 0.6 is 0 Å². The first-order valence-electron chi connectivity index (χ1n) is 8.05. The fourth-order valence-electron chi connectivity index (χ4n) is 2.59. The van der Waals surface area contributed by atoms with Gasteiger partial charge in [-0.2, -0.15) is 18.4 Å². The van der Waals surface area contributed by atoms with Crippen LogP contribution in [0, 0.1) is 16.7 Å². The van der Waals surface area contributed by atoms with E-state index >= 15 is 0 Å². The van der Waals surface area contributed by atoms with E-state index in [1.807, 2.05) is 6.07 Å². The molecule has 2 aromatic rings. The number of alkyl halides is 3. The van der Waals surface area contributed by atoms with Crippen molar-refractivity contribution in [3.8, 4) is 6.07 Å². The number of hydrogen-bond acceptors (Lipinski definition) is 3. The summed E-state index contributed by atoms with van der Waals surface area (Å²) in [7, 11) is 0. The zero-order valence-corrected chi connectivity index (χ0v) is 13.9. The van der Waals surface area contributed by atoms with E-state index in [1.54, 1.807) is 0 Å². The second kappa shape index (κ2) is 6.76. The van der Waals surface area contributed by atoms with E-state index in [-0.39, 0.29) is 5.69 Å². The number of benzene rings is 2. The van der Waals surface area contributed by atoms with Gasteiger partial charge in [0.2, 0.25) is 11.8 Å². The molecule has 8 heteroatoms. The molecule has 2 aromatic carbocycles. The molecule has 5 nitrogen and oxygen atoms in total. The molecule has 0 bridgehead atoms. The van der Waals surface area contributed by atoms with Crippen LogP contribution in [0.5, 0.6) is 0 Å². The highest BCUT2D eigenvalue weighted by Gasteiger charge is 2.56. The first-order valence-corrected chi connectivity index (χ1v) is 8.05. The summed E-state index contributed by atoms with van der Waals surface area (Å²) in [5, 5.41) is 13.8. The fraction of sp³-hybridized carbons (Fsp3) is 0.211. The van der Waals surface area contributed by atoms with Crippen LogP contribution in [0.3, 0.4) is 0 Å². The minimum Gasteiger partial charge on any atom is -0.325 e. The zero-order valence-electron chi connectivity index (χ0n) is 13.9. The Labute approximate surface area is 152 Å². The van der Waals surface area contributed by atoms with Crippen LogP contribution in [0.15, 0.2) is 48.5 Å². The van der Waals surface area contributed by atoms with Crippen LogP contribution in [0.1, 0.15) is 24.0 Å². The Morgan fingerprint density at radius 1 is 0.963 bits per heavy atom. The van der Waals surface area contributed by atoms with Crippen molar-refractivity contribution in [2.24, 2.45) is 5.41 Å². The van der Waals surface area contributed by atoms with Gasteiger partial charge in [0.15, 0.2) is 0 Å². The molecule has 1 aliphatic rings. The summed E-state index contributed by atoms with van der Waals surface area (Å²) in [6.45, 7) is 0. The van der Waals surface area contributed by atoms with Crippen LogP contribution in [-0.4, -0.2) is 11.8 Å². The lowest BCUT2D eigenvalue weighted by Crippen LogP contribution is -2.35. The number of halogens is 3. The summed E-state index contributed by atoms with van der Waals surface area (Å²) in [5.41, 5.74) is -1.35. The van der Waals surface area contributed by atoms with Crippen LogP contribution in [0.4, 0.5) is 24.5 Å². The Morgan fingerprint density at radius 3 is 2.07 bits per heavy atom. The standard InChI is InChI=1S/C19H14F3N3O2/c20-19(21,22)13-2-1-3-15(10-13)25-17(27)18(8-9-18)16(26)24-14-6-4-12(11-23)5-7-14/h1-7,10H,8-9H2,(H,24,26)(H,25,27). The molecular weight excluding hydrogens is 359 g/mol. The smallest absolute Gasteiger partial charge is 0.325 e. The van der Waals surface area contributed by atoms with Gasteiger partial charge in [0.25, 0.3) is 0 Å². The minimum absolute atomic E-state index is 0.0210. The Morgan fingerprint density at radius 2 is 1.56 bits per heavy atom. The lowest BCUT2D eigenvalue weighted by molar-refractivity contribution is -0.137. The maximum absolute atomic E-state index is 12.8. The molecule has 1 saturated carbocycles. The highest BCUT2D eigenvalue weighted by Crippen LogP contribution is 2.47. The number of rotatable bonds is 4. The Hall–Kier alpha value is -3.34. The van der Waals surface area contributed by atoms with Gasteiger partial charge in [-0.1, -0.05) is 6.07 Å². The van der Waals surface area contributed by atoms with E-state index < -0.39 is 29.0 Å². The van der Waals surface area contributed by atoms with Crippen molar-refractivity contribution in [2.45, 2.75) is 19.0 Å². The summed E-state index contributed by atoms with van der Waals surface area (Å²) in [6, 6.07) is 12.3. The summed E-state index contributed by atoms with van der Waals surface area (Å²) in [6.07, 6.45) is -3.91. The molecule has 27 heavy (non-hydrogen) atoms. The van der Waals surface area contributed by atoms with E-state index in [0.717, 1.165) is 12.1 Å². The third-order valence-electron chi connectivity index (χ3n) is 4.34. The maximum atomic E-state index is 12.8. The van der Waals surface area contributed by atoms with E-state index in [2.05, 4.69) is 10.6 Å². The second-order valence-electron chi connectivity index (χ2n) is 6.26. The first-order chi connectivity index (χ1) is 12.7. The number of nitriles is 1. The van der Waals surface area contributed by atoms with Crippen LogP contribution in [0.2, 0.25) is 0 Å². The maximum Gasteiger partial charge on any atom is 0.416 e. The summed E-state index contributed by atoms with van der Waals surface area (Å²) < 4.78 is 38.3. The number of amides is 2. The molecule has 0 aromatic heterocycles. The monoisotopic (exact) mass is 373 g/mol. The van der Waals surface area contributed by atoms with Crippen molar-refractivity contribution in [3.63, 3.8) is 0 Å². The van der Waals surface area contributed by atoms with Crippen molar-refractivity contribution < 1.29 is 22.8 Å². The summed E-state index contributed by atoms with van der Waals surface area (Å²) >= 11 is 0. The predicted molar refractivity (Wildman–Crippen MR) is 91.5 cm³/mol. The van der Waals surface area contributed by atoms with Gasteiger partial charge >= 0.3 is 6.18 Å². The molecule has 138 valence electrons. The van der Waals surface area contributed by atoms with E-state index in [0.29, 0.717) is 24.1 Å². The Kier molecular flexibility index (Phi) is 4.62. The highest BCUT2D eigenvalue weighted by molar-refractivity contribution is 6.16. The predicted octanol–water partition coefficient (Wildman–Crippen LogP) is 3.93. The average Bonchev–Trinajstić information content (AvgIpc) is 3.44. The number of carbonyl (C=O) groups is 2. The summed E-state index contributed by atoms with van der Waals surface area (Å²) in [5.74, 6) is -1.18. The van der Waals surface area contributed by atoms with Gasteiger partial charge in [0, 0.05) is 11.4 Å². The fourth-order valence-corrected chi connectivity index (χ4v) is 2.59. The SMILES string of the molecule is N#Cc1ccc(NC(=O)C2(C(=O)Nc3cccc(C(F)(F)F)c3)CC2)cc1. The van der Waals surface area contributed by atoms with E-state index in [4.69, 9.17) is 5.26 Å². The number of anilines is 2.